The molecule has 0 atom stereocenters. The van der Waals surface area contributed by atoms with Crippen LogP contribution in [0, 0.1) is 5.82 Å². The summed E-state index contributed by atoms with van der Waals surface area (Å²) >= 11 is 0. The molecule has 0 saturated heterocycles. The highest BCUT2D eigenvalue weighted by atomic mass is 19.1. The number of rotatable bonds is 6. The fraction of sp³-hybridized carbons (Fsp3) is 0.143. The van der Waals surface area contributed by atoms with Crippen molar-refractivity contribution >= 4 is 29.0 Å². The first-order valence-corrected chi connectivity index (χ1v) is 9.15. The molecule has 0 unspecified atom stereocenters. The lowest BCUT2D eigenvalue weighted by Crippen LogP contribution is -2.22. The molecule has 1 amide bonds. The molecular weight excluding hydrogens is 387 g/mol. The van der Waals surface area contributed by atoms with Crippen molar-refractivity contribution in [2.75, 3.05) is 17.7 Å². The van der Waals surface area contributed by atoms with Crippen LogP contribution in [0.3, 0.4) is 0 Å². The number of fused-ring (bicyclic) bond motifs is 1. The predicted octanol–water partition coefficient (Wildman–Crippen LogP) is 3.53. The Morgan fingerprint density at radius 1 is 1.13 bits per heavy atom. The number of methoxy groups -OCH3 is 1. The molecular formula is C21H19FN6O2. The highest BCUT2D eigenvalue weighted by Gasteiger charge is 2.22. The fourth-order valence-electron chi connectivity index (χ4n) is 3.11. The van der Waals surface area contributed by atoms with Gasteiger partial charge in [-0.05, 0) is 35.4 Å². The van der Waals surface area contributed by atoms with E-state index < -0.39 is 5.82 Å². The summed E-state index contributed by atoms with van der Waals surface area (Å²) in [5.74, 6) is 0.0253. The fourth-order valence-corrected chi connectivity index (χ4v) is 3.11. The van der Waals surface area contributed by atoms with Gasteiger partial charge in [-0.25, -0.2) is 14.4 Å². The van der Waals surface area contributed by atoms with Gasteiger partial charge in [-0.1, -0.05) is 12.6 Å². The van der Waals surface area contributed by atoms with Gasteiger partial charge >= 0.3 is 0 Å². The zero-order valence-electron chi connectivity index (χ0n) is 16.2. The van der Waals surface area contributed by atoms with Crippen molar-refractivity contribution in [1.82, 2.24) is 19.9 Å². The summed E-state index contributed by atoms with van der Waals surface area (Å²) in [5, 5.41) is 5.95. The maximum Gasteiger partial charge on any atom is 0.246 e. The molecule has 0 spiro atoms. The van der Waals surface area contributed by atoms with Crippen molar-refractivity contribution in [3.63, 3.8) is 0 Å². The molecule has 3 heterocycles. The molecule has 0 radical (unpaired) electrons. The van der Waals surface area contributed by atoms with Gasteiger partial charge in [-0.2, -0.15) is 4.98 Å². The van der Waals surface area contributed by atoms with Gasteiger partial charge in [0.05, 0.1) is 25.2 Å². The Labute approximate surface area is 172 Å². The molecule has 1 aliphatic heterocycles. The second kappa shape index (κ2) is 8.16. The van der Waals surface area contributed by atoms with Crippen LogP contribution in [-0.4, -0.2) is 32.9 Å². The summed E-state index contributed by atoms with van der Waals surface area (Å²) in [7, 11) is 1.53. The van der Waals surface area contributed by atoms with Crippen LogP contribution in [0.15, 0.2) is 55.4 Å². The Kier molecular flexibility index (Phi) is 5.25. The van der Waals surface area contributed by atoms with Crippen LogP contribution in [0.4, 0.5) is 27.5 Å². The largest absolute Gasteiger partial charge is 0.481 e. The molecule has 0 aliphatic carbocycles. The van der Waals surface area contributed by atoms with E-state index in [0.717, 1.165) is 17.3 Å². The molecule has 2 aromatic heterocycles. The number of nitrogens with zero attached hydrogens (tertiary/aromatic N) is 4. The average molecular weight is 406 g/mol. The van der Waals surface area contributed by atoms with Crippen LogP contribution in [0.25, 0.3) is 0 Å². The van der Waals surface area contributed by atoms with Gasteiger partial charge in [0, 0.05) is 24.8 Å². The maximum atomic E-state index is 14.3. The molecule has 4 rings (SSSR count). The van der Waals surface area contributed by atoms with Crippen molar-refractivity contribution in [3.8, 4) is 5.88 Å². The normalized spacial score (nSPS) is 12.3. The summed E-state index contributed by atoms with van der Waals surface area (Å²) in [6.07, 6.45) is 3.95. The lowest BCUT2D eigenvalue weighted by Gasteiger charge is -2.11. The molecule has 9 heteroatoms. The van der Waals surface area contributed by atoms with Crippen molar-refractivity contribution in [2.45, 2.75) is 13.1 Å². The molecule has 0 saturated carbocycles. The zero-order valence-corrected chi connectivity index (χ0v) is 16.2. The van der Waals surface area contributed by atoms with E-state index in [1.54, 1.807) is 23.2 Å². The minimum Gasteiger partial charge on any atom is -0.481 e. The van der Waals surface area contributed by atoms with Gasteiger partial charge in [-0.3, -0.25) is 4.79 Å². The van der Waals surface area contributed by atoms with Gasteiger partial charge in [-0.15, -0.1) is 0 Å². The number of benzene rings is 1. The highest BCUT2D eigenvalue weighted by Crippen LogP contribution is 2.28. The Morgan fingerprint density at radius 3 is 2.67 bits per heavy atom. The Balaban J connectivity index is 1.50. The summed E-state index contributed by atoms with van der Waals surface area (Å²) in [6, 6.07) is 9.06. The van der Waals surface area contributed by atoms with Crippen LogP contribution in [-0.2, 0) is 17.9 Å². The monoisotopic (exact) mass is 406 g/mol. The number of hydrogen-bond acceptors (Lipinski definition) is 7. The number of pyridine rings is 1. The number of amides is 1. The number of ether oxygens (including phenoxy) is 1. The second-order valence-electron chi connectivity index (χ2n) is 6.61. The van der Waals surface area contributed by atoms with E-state index in [0.29, 0.717) is 30.3 Å². The number of hydrogen-bond donors (Lipinski definition) is 2. The van der Waals surface area contributed by atoms with Gasteiger partial charge in [0.25, 0.3) is 0 Å². The van der Waals surface area contributed by atoms with Crippen LogP contribution < -0.4 is 15.4 Å². The molecule has 1 aromatic carbocycles. The van der Waals surface area contributed by atoms with E-state index in [9.17, 15) is 9.18 Å². The molecule has 30 heavy (non-hydrogen) atoms. The number of nitrogens with one attached hydrogen (secondary N) is 2. The Bertz CT molecular complexity index is 1100. The van der Waals surface area contributed by atoms with E-state index in [2.05, 4.69) is 32.2 Å². The van der Waals surface area contributed by atoms with E-state index in [4.69, 9.17) is 4.74 Å². The van der Waals surface area contributed by atoms with E-state index in [-0.39, 0.29) is 17.7 Å². The second-order valence-corrected chi connectivity index (χ2v) is 6.61. The number of anilines is 4. The highest BCUT2D eigenvalue weighted by molar-refractivity contribution is 5.87. The molecule has 1 aliphatic rings. The van der Waals surface area contributed by atoms with Crippen molar-refractivity contribution in [2.24, 2.45) is 0 Å². The molecule has 8 nitrogen and oxygen atoms in total. The Morgan fingerprint density at radius 2 is 1.93 bits per heavy atom. The molecule has 0 bridgehead atoms. The third-order valence-corrected chi connectivity index (χ3v) is 4.62. The molecule has 2 N–H and O–H groups in total. The van der Waals surface area contributed by atoms with E-state index in [1.165, 1.54) is 13.2 Å². The number of aromatic nitrogens is 3. The van der Waals surface area contributed by atoms with Crippen LogP contribution in [0.2, 0.25) is 0 Å². The average Bonchev–Trinajstić information content (AvgIpc) is 3.19. The van der Waals surface area contributed by atoms with Gasteiger partial charge in [0.1, 0.15) is 0 Å². The molecule has 3 aromatic rings. The lowest BCUT2D eigenvalue weighted by molar-refractivity contribution is -0.126. The SMILES string of the molecule is C=CC(=O)N1Cc2ccc(Nc3nc(Nc4ccc(OC)nc4)ncc3F)cc2C1. The van der Waals surface area contributed by atoms with Crippen molar-refractivity contribution in [1.29, 1.82) is 0 Å². The van der Waals surface area contributed by atoms with E-state index in [1.807, 2.05) is 18.2 Å². The third kappa shape index (κ3) is 4.04. The zero-order chi connectivity index (χ0) is 21.1. The third-order valence-electron chi connectivity index (χ3n) is 4.62. The van der Waals surface area contributed by atoms with Gasteiger partial charge < -0.3 is 20.3 Å². The minimum atomic E-state index is -0.586. The summed E-state index contributed by atoms with van der Waals surface area (Å²) in [6.45, 7) is 4.54. The van der Waals surface area contributed by atoms with Gasteiger partial charge in [0.2, 0.25) is 17.7 Å². The molecule has 152 valence electrons. The minimum absolute atomic E-state index is 0.0333. The van der Waals surface area contributed by atoms with Crippen LogP contribution >= 0.6 is 0 Å². The standard InChI is InChI=1S/C21H19FN6O2/c1-3-19(29)28-11-13-4-5-15(8-14(13)12-28)25-20-17(22)10-24-21(27-20)26-16-6-7-18(30-2)23-9-16/h3-10H,1,11-12H2,2H3,(H2,24,25,26,27). The van der Waals surface area contributed by atoms with Crippen LogP contribution in [0.5, 0.6) is 5.88 Å². The number of carbonyl (C=O) groups excluding carboxylic acids is 1. The number of carbonyl (C=O) groups is 1. The summed E-state index contributed by atoms with van der Waals surface area (Å²) < 4.78 is 19.3. The summed E-state index contributed by atoms with van der Waals surface area (Å²) in [5.41, 5.74) is 3.34. The van der Waals surface area contributed by atoms with E-state index >= 15 is 0 Å². The maximum absolute atomic E-state index is 14.3. The lowest BCUT2D eigenvalue weighted by atomic mass is 10.1. The Hall–Kier alpha value is -4.01. The summed E-state index contributed by atoms with van der Waals surface area (Å²) in [4.78, 5) is 25.8. The quantitative estimate of drug-likeness (QED) is 0.605. The molecule has 0 fully saturated rings. The predicted molar refractivity (Wildman–Crippen MR) is 110 cm³/mol. The number of halogens is 1. The van der Waals surface area contributed by atoms with Crippen LogP contribution in [0.1, 0.15) is 11.1 Å². The van der Waals surface area contributed by atoms with Crippen molar-refractivity contribution < 1.29 is 13.9 Å². The first kappa shape index (κ1) is 19.3. The first-order valence-electron chi connectivity index (χ1n) is 9.15. The van der Waals surface area contributed by atoms with Crippen molar-refractivity contribution in [3.05, 3.63) is 72.3 Å². The topological polar surface area (TPSA) is 92.3 Å². The smallest absolute Gasteiger partial charge is 0.246 e. The first-order chi connectivity index (χ1) is 14.6. The van der Waals surface area contributed by atoms with Gasteiger partial charge in [0.15, 0.2) is 11.6 Å².